The number of esters is 1. The summed E-state index contributed by atoms with van der Waals surface area (Å²) in [6.45, 7) is 0. The van der Waals surface area contributed by atoms with E-state index in [-0.39, 0.29) is 11.4 Å². The van der Waals surface area contributed by atoms with Gasteiger partial charge in [-0.1, -0.05) is 25.7 Å². The molecule has 0 radical (unpaired) electrons. The lowest BCUT2D eigenvalue weighted by atomic mass is 9.97. The van der Waals surface area contributed by atoms with Crippen LogP contribution in [0.2, 0.25) is 0 Å². The van der Waals surface area contributed by atoms with Gasteiger partial charge in [-0.05, 0) is 5.92 Å². The second-order valence-electron chi connectivity index (χ2n) is 4.78. The van der Waals surface area contributed by atoms with E-state index in [0.29, 0.717) is 12.3 Å². The predicted octanol–water partition coefficient (Wildman–Crippen LogP) is 1.75. The molecule has 1 aliphatic rings. The van der Waals surface area contributed by atoms with Crippen LogP contribution in [0.5, 0.6) is 0 Å². The third kappa shape index (κ3) is 4.21. The van der Waals surface area contributed by atoms with Gasteiger partial charge in [0.1, 0.15) is 5.57 Å². The third-order valence-electron chi connectivity index (χ3n) is 3.04. The molecule has 4 nitrogen and oxygen atoms in total. The highest BCUT2D eigenvalue weighted by Crippen LogP contribution is 2.28. The first-order chi connectivity index (χ1) is 8.04. The van der Waals surface area contributed by atoms with E-state index in [9.17, 15) is 9.59 Å². The molecule has 17 heavy (non-hydrogen) atoms. The normalized spacial score (nSPS) is 17.0. The molecule has 0 aromatic carbocycles. The van der Waals surface area contributed by atoms with E-state index in [1.807, 2.05) is 0 Å². The Morgan fingerprint density at radius 1 is 1.29 bits per heavy atom. The fourth-order valence-corrected chi connectivity index (χ4v) is 2.19. The van der Waals surface area contributed by atoms with Gasteiger partial charge >= 0.3 is 5.97 Å². The highest BCUT2D eigenvalue weighted by Gasteiger charge is 2.24. The average Bonchev–Trinajstić information content (AvgIpc) is 2.77. The molecule has 0 spiro atoms. The first-order valence-electron chi connectivity index (χ1n) is 6.04. The number of hydrogen-bond donors (Lipinski definition) is 0. The lowest BCUT2D eigenvalue weighted by Crippen LogP contribution is -2.19. The van der Waals surface area contributed by atoms with Crippen molar-refractivity contribution in [2.24, 2.45) is 5.92 Å². The Morgan fingerprint density at radius 3 is 2.35 bits per heavy atom. The molecule has 0 N–H and O–H groups in total. The number of carbonyl (C=O) groups is 2. The summed E-state index contributed by atoms with van der Waals surface area (Å²) in [4.78, 5) is 25.3. The van der Waals surface area contributed by atoms with Crippen LogP contribution in [0.3, 0.4) is 0 Å². The van der Waals surface area contributed by atoms with Crippen LogP contribution >= 0.6 is 0 Å². The maximum Gasteiger partial charge on any atom is 0.342 e. The van der Waals surface area contributed by atoms with Gasteiger partial charge in [-0.2, -0.15) is 0 Å². The molecule has 4 heteroatoms. The summed E-state index contributed by atoms with van der Waals surface area (Å²) in [6, 6.07) is 0. The Bertz CT molecular complexity index is 315. The van der Waals surface area contributed by atoms with Crippen LogP contribution in [0.4, 0.5) is 0 Å². The maximum absolute atomic E-state index is 12.0. The molecule has 0 aromatic rings. The van der Waals surface area contributed by atoms with Gasteiger partial charge in [0, 0.05) is 26.7 Å². The predicted molar refractivity (Wildman–Crippen MR) is 65.4 cm³/mol. The third-order valence-corrected chi connectivity index (χ3v) is 3.04. The van der Waals surface area contributed by atoms with E-state index in [0.717, 1.165) is 12.8 Å². The van der Waals surface area contributed by atoms with Crippen molar-refractivity contribution in [1.29, 1.82) is 0 Å². The van der Waals surface area contributed by atoms with Crippen LogP contribution in [0.1, 0.15) is 32.1 Å². The van der Waals surface area contributed by atoms with Gasteiger partial charge in [0.25, 0.3) is 0 Å². The second-order valence-corrected chi connectivity index (χ2v) is 4.78. The Balaban J connectivity index is 2.68. The minimum Gasteiger partial charge on any atom is -0.465 e. The van der Waals surface area contributed by atoms with Gasteiger partial charge in [0.15, 0.2) is 5.78 Å². The second kappa shape index (κ2) is 6.42. The van der Waals surface area contributed by atoms with Gasteiger partial charge < -0.3 is 9.64 Å². The molecule has 0 heterocycles. The summed E-state index contributed by atoms with van der Waals surface area (Å²) < 4.78 is 4.64. The molecule has 0 aromatic heterocycles. The Morgan fingerprint density at radius 2 is 1.88 bits per heavy atom. The molecule has 0 bridgehead atoms. The molecule has 1 fully saturated rings. The van der Waals surface area contributed by atoms with Gasteiger partial charge in [-0.25, -0.2) is 4.79 Å². The fraction of sp³-hybridized carbons (Fsp3) is 0.692. The average molecular weight is 239 g/mol. The lowest BCUT2D eigenvalue weighted by molar-refractivity contribution is -0.138. The number of Topliss-reactive ketones (excluding diaryl/α,β-unsaturated/α-hetero) is 1. The molecule has 1 saturated carbocycles. The summed E-state index contributed by atoms with van der Waals surface area (Å²) in [5.74, 6) is -0.197. The van der Waals surface area contributed by atoms with Crippen molar-refractivity contribution in [3.8, 4) is 0 Å². The molecule has 1 rings (SSSR count). The Kier molecular flexibility index (Phi) is 5.19. The summed E-state index contributed by atoms with van der Waals surface area (Å²) in [6.07, 6.45) is 6.61. The van der Waals surface area contributed by atoms with E-state index in [1.165, 1.54) is 20.0 Å². The Hall–Kier alpha value is -1.32. The van der Waals surface area contributed by atoms with Crippen molar-refractivity contribution in [2.75, 3.05) is 21.2 Å². The monoisotopic (exact) mass is 239 g/mol. The summed E-state index contributed by atoms with van der Waals surface area (Å²) >= 11 is 0. The molecule has 0 unspecified atom stereocenters. The van der Waals surface area contributed by atoms with Crippen molar-refractivity contribution in [2.45, 2.75) is 32.1 Å². The van der Waals surface area contributed by atoms with Crippen molar-refractivity contribution in [3.63, 3.8) is 0 Å². The zero-order valence-electron chi connectivity index (χ0n) is 10.9. The highest BCUT2D eigenvalue weighted by molar-refractivity contribution is 6.17. The van der Waals surface area contributed by atoms with Crippen molar-refractivity contribution in [1.82, 2.24) is 4.90 Å². The molecule has 0 saturated heterocycles. The number of ketones is 1. The highest BCUT2D eigenvalue weighted by atomic mass is 16.5. The van der Waals surface area contributed by atoms with Gasteiger partial charge in [-0.3, -0.25) is 4.79 Å². The Labute approximate surface area is 103 Å². The fourth-order valence-electron chi connectivity index (χ4n) is 2.19. The van der Waals surface area contributed by atoms with Crippen LogP contribution in [0, 0.1) is 5.92 Å². The van der Waals surface area contributed by atoms with Crippen LogP contribution < -0.4 is 0 Å². The molecule has 0 atom stereocenters. The molecule has 96 valence electrons. The van der Waals surface area contributed by atoms with Crippen LogP contribution in [0.15, 0.2) is 11.8 Å². The quantitative estimate of drug-likeness (QED) is 0.317. The number of nitrogens with zero attached hydrogens (tertiary/aromatic N) is 1. The zero-order chi connectivity index (χ0) is 12.8. The standard InChI is InChI=1S/C13H21NO3/c1-14(2)9-11(13(16)17-3)12(15)8-10-6-4-5-7-10/h9-10H,4-8H2,1-3H3/b11-9+. The molecular formula is C13H21NO3. The minimum absolute atomic E-state index is 0.0996. The van der Waals surface area contributed by atoms with Crippen molar-refractivity contribution in [3.05, 3.63) is 11.8 Å². The van der Waals surface area contributed by atoms with E-state index in [4.69, 9.17) is 0 Å². The van der Waals surface area contributed by atoms with E-state index >= 15 is 0 Å². The van der Waals surface area contributed by atoms with Gasteiger partial charge in [0.05, 0.1) is 7.11 Å². The van der Waals surface area contributed by atoms with Crippen molar-refractivity contribution < 1.29 is 14.3 Å². The number of ether oxygens (including phenoxy) is 1. The summed E-state index contributed by atoms with van der Waals surface area (Å²) in [5, 5.41) is 0. The SMILES string of the molecule is COC(=O)/C(=C/N(C)C)C(=O)CC1CCCC1. The molecule has 1 aliphatic carbocycles. The van der Waals surface area contributed by atoms with E-state index < -0.39 is 5.97 Å². The minimum atomic E-state index is -0.540. The van der Waals surface area contributed by atoms with E-state index in [1.54, 1.807) is 25.2 Å². The molecule has 0 aliphatic heterocycles. The van der Waals surface area contributed by atoms with Gasteiger partial charge in [-0.15, -0.1) is 0 Å². The maximum atomic E-state index is 12.0. The molecular weight excluding hydrogens is 218 g/mol. The van der Waals surface area contributed by atoms with Crippen LogP contribution in [-0.2, 0) is 14.3 Å². The van der Waals surface area contributed by atoms with Gasteiger partial charge in [0.2, 0.25) is 0 Å². The van der Waals surface area contributed by atoms with Crippen LogP contribution in [0.25, 0.3) is 0 Å². The van der Waals surface area contributed by atoms with E-state index in [2.05, 4.69) is 4.74 Å². The number of hydrogen-bond acceptors (Lipinski definition) is 4. The topological polar surface area (TPSA) is 46.6 Å². The zero-order valence-corrected chi connectivity index (χ0v) is 10.9. The number of carbonyl (C=O) groups excluding carboxylic acids is 2. The first kappa shape index (κ1) is 13.7. The first-order valence-corrected chi connectivity index (χ1v) is 6.04. The smallest absolute Gasteiger partial charge is 0.342 e. The number of methoxy groups -OCH3 is 1. The van der Waals surface area contributed by atoms with Crippen molar-refractivity contribution >= 4 is 11.8 Å². The summed E-state index contributed by atoms with van der Waals surface area (Å²) in [7, 11) is 4.87. The lowest BCUT2D eigenvalue weighted by Gasteiger charge is -2.12. The van der Waals surface area contributed by atoms with Crippen LogP contribution in [-0.4, -0.2) is 37.9 Å². The number of rotatable bonds is 5. The largest absolute Gasteiger partial charge is 0.465 e. The molecule has 0 amide bonds. The summed E-state index contributed by atoms with van der Waals surface area (Å²) in [5.41, 5.74) is 0.157.